The number of carbonyl (C=O) groups is 1. The Bertz CT molecular complexity index is 1150. The minimum atomic E-state index is -0.366. The molecule has 27 heavy (non-hydrogen) atoms. The number of nitrogens with zero attached hydrogens (tertiary/aromatic N) is 7. The van der Waals surface area contributed by atoms with Gasteiger partial charge in [0.25, 0.3) is 5.56 Å². The van der Waals surface area contributed by atoms with Crippen LogP contribution in [-0.4, -0.2) is 40.6 Å². The van der Waals surface area contributed by atoms with Crippen molar-refractivity contribution < 1.29 is 4.79 Å². The molecule has 0 aliphatic heterocycles. The number of nitrogens with one attached hydrogen (secondary N) is 1. The Kier molecular flexibility index (Phi) is 4.35. The average molecular weight is 362 g/mol. The number of benzene rings is 1. The van der Waals surface area contributed by atoms with Gasteiger partial charge in [-0.3, -0.25) is 9.59 Å². The lowest BCUT2D eigenvalue weighted by molar-refractivity contribution is -0.122. The first kappa shape index (κ1) is 16.5. The molecule has 0 saturated carbocycles. The molecule has 1 aromatic carbocycles. The SMILES string of the molecule is O=C(Cn1nnc2ccccc2c1=O)NCc1cccnc1-n1cncn1. The summed E-state index contributed by atoms with van der Waals surface area (Å²) in [6, 6.07) is 10.5. The fraction of sp³-hybridized carbons (Fsp3) is 0.118. The minimum Gasteiger partial charge on any atom is -0.350 e. The zero-order valence-electron chi connectivity index (χ0n) is 14.1. The molecule has 0 saturated heterocycles. The molecule has 4 aromatic rings. The van der Waals surface area contributed by atoms with Crippen LogP contribution in [0.15, 0.2) is 60.0 Å². The Morgan fingerprint density at radius 3 is 2.89 bits per heavy atom. The largest absolute Gasteiger partial charge is 0.350 e. The van der Waals surface area contributed by atoms with Crippen LogP contribution in [-0.2, 0) is 17.9 Å². The van der Waals surface area contributed by atoms with Gasteiger partial charge < -0.3 is 5.32 Å². The van der Waals surface area contributed by atoms with Crippen LogP contribution in [0, 0.1) is 0 Å². The van der Waals surface area contributed by atoms with Crippen molar-refractivity contribution in [1.82, 2.24) is 40.1 Å². The molecule has 1 amide bonds. The van der Waals surface area contributed by atoms with Crippen molar-refractivity contribution in [3.05, 3.63) is 71.2 Å². The number of amides is 1. The van der Waals surface area contributed by atoms with Gasteiger partial charge in [0, 0.05) is 18.3 Å². The van der Waals surface area contributed by atoms with Gasteiger partial charge in [-0.2, -0.15) is 5.10 Å². The van der Waals surface area contributed by atoms with Gasteiger partial charge in [0.1, 0.15) is 24.7 Å². The predicted molar refractivity (Wildman–Crippen MR) is 94.8 cm³/mol. The molecule has 0 fully saturated rings. The summed E-state index contributed by atoms with van der Waals surface area (Å²) in [4.78, 5) is 32.8. The Morgan fingerprint density at radius 1 is 1.15 bits per heavy atom. The molecule has 3 heterocycles. The van der Waals surface area contributed by atoms with Crippen LogP contribution < -0.4 is 10.9 Å². The summed E-state index contributed by atoms with van der Waals surface area (Å²) in [5.41, 5.74) is 0.890. The van der Waals surface area contributed by atoms with E-state index < -0.39 is 0 Å². The highest BCUT2D eigenvalue weighted by molar-refractivity contribution is 5.78. The third-order valence-corrected chi connectivity index (χ3v) is 3.90. The Balaban J connectivity index is 1.49. The van der Waals surface area contributed by atoms with Crippen LogP contribution in [0.25, 0.3) is 16.7 Å². The monoisotopic (exact) mass is 362 g/mol. The molecule has 0 radical (unpaired) electrons. The molecule has 4 rings (SSSR count). The van der Waals surface area contributed by atoms with E-state index in [1.807, 2.05) is 6.07 Å². The zero-order valence-corrected chi connectivity index (χ0v) is 14.1. The summed E-state index contributed by atoms with van der Waals surface area (Å²) in [5.74, 6) is 0.202. The number of aromatic nitrogens is 7. The van der Waals surface area contributed by atoms with E-state index in [9.17, 15) is 9.59 Å². The number of carbonyl (C=O) groups excluding carboxylic acids is 1. The summed E-state index contributed by atoms with van der Waals surface area (Å²) in [6.45, 7) is -0.00673. The Hall–Kier alpha value is -3.95. The molecule has 3 aromatic heterocycles. The normalized spacial score (nSPS) is 10.8. The van der Waals surface area contributed by atoms with Crippen LogP contribution in [0.5, 0.6) is 0 Å². The van der Waals surface area contributed by atoms with Gasteiger partial charge in [-0.1, -0.05) is 23.4 Å². The van der Waals surface area contributed by atoms with E-state index >= 15 is 0 Å². The van der Waals surface area contributed by atoms with Crippen molar-refractivity contribution in [3.63, 3.8) is 0 Å². The van der Waals surface area contributed by atoms with Gasteiger partial charge in [0.2, 0.25) is 5.91 Å². The number of pyridine rings is 1. The van der Waals surface area contributed by atoms with Crippen LogP contribution >= 0.6 is 0 Å². The molecule has 0 aliphatic carbocycles. The molecule has 10 nitrogen and oxygen atoms in total. The molecule has 0 bridgehead atoms. The van der Waals surface area contributed by atoms with E-state index in [1.165, 1.54) is 17.3 Å². The summed E-state index contributed by atoms with van der Waals surface area (Å²) >= 11 is 0. The summed E-state index contributed by atoms with van der Waals surface area (Å²) in [6.07, 6.45) is 4.56. The van der Waals surface area contributed by atoms with E-state index in [0.29, 0.717) is 16.7 Å². The second kappa shape index (κ2) is 7.12. The topological polar surface area (TPSA) is 120 Å². The van der Waals surface area contributed by atoms with E-state index in [-0.39, 0.29) is 24.6 Å². The lowest BCUT2D eigenvalue weighted by Crippen LogP contribution is -2.34. The average Bonchev–Trinajstić information content (AvgIpc) is 3.24. The molecule has 0 spiro atoms. The first-order valence-corrected chi connectivity index (χ1v) is 8.10. The summed E-state index contributed by atoms with van der Waals surface area (Å²) < 4.78 is 2.56. The number of hydrogen-bond acceptors (Lipinski definition) is 7. The van der Waals surface area contributed by atoms with E-state index in [0.717, 1.165) is 10.2 Å². The lowest BCUT2D eigenvalue weighted by Gasteiger charge is -2.10. The van der Waals surface area contributed by atoms with E-state index in [1.54, 1.807) is 36.5 Å². The van der Waals surface area contributed by atoms with E-state index in [4.69, 9.17) is 0 Å². The van der Waals surface area contributed by atoms with Gasteiger partial charge in [0.15, 0.2) is 5.82 Å². The summed E-state index contributed by atoms with van der Waals surface area (Å²) in [5, 5.41) is 15.0. The molecular formula is C17H14N8O2. The zero-order chi connectivity index (χ0) is 18.6. The fourth-order valence-corrected chi connectivity index (χ4v) is 2.60. The third kappa shape index (κ3) is 3.40. The summed E-state index contributed by atoms with van der Waals surface area (Å²) in [7, 11) is 0. The highest BCUT2D eigenvalue weighted by atomic mass is 16.2. The first-order valence-electron chi connectivity index (χ1n) is 8.10. The first-order chi connectivity index (χ1) is 13.2. The highest BCUT2D eigenvalue weighted by Crippen LogP contribution is 2.09. The molecular weight excluding hydrogens is 348 g/mol. The van der Waals surface area contributed by atoms with Crippen LogP contribution in [0.3, 0.4) is 0 Å². The van der Waals surface area contributed by atoms with Crippen molar-refractivity contribution in [2.75, 3.05) is 0 Å². The maximum atomic E-state index is 12.4. The van der Waals surface area contributed by atoms with Gasteiger partial charge in [-0.25, -0.2) is 19.3 Å². The smallest absolute Gasteiger partial charge is 0.278 e. The van der Waals surface area contributed by atoms with Crippen molar-refractivity contribution in [2.45, 2.75) is 13.1 Å². The van der Waals surface area contributed by atoms with Crippen LogP contribution in [0.4, 0.5) is 0 Å². The van der Waals surface area contributed by atoms with Gasteiger partial charge in [-0.15, -0.1) is 5.10 Å². The highest BCUT2D eigenvalue weighted by Gasteiger charge is 2.11. The van der Waals surface area contributed by atoms with Gasteiger partial charge in [0.05, 0.1) is 5.39 Å². The number of fused-ring (bicyclic) bond motifs is 1. The fourth-order valence-electron chi connectivity index (χ4n) is 2.60. The molecule has 134 valence electrons. The van der Waals surface area contributed by atoms with E-state index in [2.05, 4.69) is 30.7 Å². The lowest BCUT2D eigenvalue weighted by atomic mass is 10.2. The quantitative estimate of drug-likeness (QED) is 0.534. The van der Waals surface area contributed by atoms with Crippen molar-refractivity contribution >= 4 is 16.8 Å². The van der Waals surface area contributed by atoms with Crippen LogP contribution in [0.1, 0.15) is 5.56 Å². The maximum absolute atomic E-state index is 12.4. The molecule has 0 unspecified atom stereocenters. The second-order valence-corrected chi connectivity index (χ2v) is 5.67. The number of rotatable bonds is 5. The van der Waals surface area contributed by atoms with Crippen molar-refractivity contribution in [2.24, 2.45) is 0 Å². The van der Waals surface area contributed by atoms with Crippen molar-refractivity contribution in [1.29, 1.82) is 0 Å². The Labute approximate surface area is 152 Å². The maximum Gasteiger partial charge on any atom is 0.278 e. The predicted octanol–water partition coefficient (Wildman–Crippen LogP) is 0.0836. The third-order valence-electron chi connectivity index (χ3n) is 3.90. The van der Waals surface area contributed by atoms with Crippen molar-refractivity contribution in [3.8, 4) is 5.82 Å². The molecule has 0 aliphatic rings. The second-order valence-electron chi connectivity index (χ2n) is 5.67. The van der Waals surface area contributed by atoms with Gasteiger partial charge >= 0.3 is 0 Å². The molecule has 0 atom stereocenters. The van der Waals surface area contributed by atoms with Gasteiger partial charge in [-0.05, 0) is 18.2 Å². The standard InChI is InChI=1S/C17H14N8O2/c26-15(9-24-17(27)13-5-1-2-6-14(13)22-23-24)20-8-12-4-3-7-19-16(12)25-11-18-10-21-25/h1-7,10-11H,8-9H2,(H,20,26). The Morgan fingerprint density at radius 2 is 2.04 bits per heavy atom. The van der Waals surface area contributed by atoms with Crippen LogP contribution in [0.2, 0.25) is 0 Å². The number of hydrogen-bond donors (Lipinski definition) is 1. The minimum absolute atomic E-state index is 0.220. The molecule has 10 heteroatoms. The molecule has 1 N–H and O–H groups in total.